The summed E-state index contributed by atoms with van der Waals surface area (Å²) in [6.45, 7) is 3.92. The van der Waals surface area contributed by atoms with Gasteiger partial charge in [0.25, 0.3) is 0 Å². The highest BCUT2D eigenvalue weighted by Gasteiger charge is 2.15. The van der Waals surface area contributed by atoms with Gasteiger partial charge in [0.1, 0.15) is 19.3 Å². The molecule has 1 aliphatic heterocycles. The lowest BCUT2D eigenvalue weighted by Crippen LogP contribution is -2.39. The van der Waals surface area contributed by atoms with Gasteiger partial charge in [0, 0.05) is 25.4 Å². The lowest BCUT2D eigenvalue weighted by Gasteiger charge is -2.20. The summed E-state index contributed by atoms with van der Waals surface area (Å²) in [5.41, 5.74) is 0.823. The van der Waals surface area contributed by atoms with Crippen LogP contribution >= 0.6 is 0 Å². The number of benzene rings is 1. The first-order chi connectivity index (χ1) is 9.70. The minimum atomic E-state index is -0.339. The Morgan fingerprint density at radius 1 is 1.35 bits per heavy atom. The van der Waals surface area contributed by atoms with Crippen molar-refractivity contribution in [2.24, 2.45) is 0 Å². The van der Waals surface area contributed by atoms with Crippen LogP contribution in [0.3, 0.4) is 0 Å². The summed E-state index contributed by atoms with van der Waals surface area (Å²) in [6.07, 6.45) is 0. The van der Waals surface area contributed by atoms with E-state index in [1.54, 1.807) is 14.0 Å². The lowest BCUT2D eigenvalue weighted by atomic mass is 10.2. The van der Waals surface area contributed by atoms with Crippen molar-refractivity contribution < 1.29 is 19.0 Å². The van der Waals surface area contributed by atoms with Gasteiger partial charge in [-0.15, -0.1) is 0 Å². The summed E-state index contributed by atoms with van der Waals surface area (Å²) in [5.74, 6) is 1.36. The van der Waals surface area contributed by atoms with Crippen LogP contribution < -0.4 is 20.1 Å². The molecule has 6 nitrogen and oxygen atoms in total. The first kappa shape index (κ1) is 14.5. The van der Waals surface area contributed by atoms with E-state index in [1.807, 2.05) is 18.2 Å². The molecule has 1 aromatic rings. The summed E-state index contributed by atoms with van der Waals surface area (Å²) < 4.78 is 15.8. The number of amides is 1. The second kappa shape index (κ2) is 7.00. The van der Waals surface area contributed by atoms with Crippen LogP contribution in [0.15, 0.2) is 18.2 Å². The van der Waals surface area contributed by atoms with Gasteiger partial charge in [0.2, 0.25) is 5.91 Å². The van der Waals surface area contributed by atoms with E-state index in [-0.39, 0.29) is 11.9 Å². The van der Waals surface area contributed by atoms with Gasteiger partial charge >= 0.3 is 0 Å². The van der Waals surface area contributed by atoms with Crippen molar-refractivity contribution in [2.75, 3.05) is 38.8 Å². The van der Waals surface area contributed by atoms with E-state index in [1.165, 1.54) is 0 Å². The highest BCUT2D eigenvalue weighted by Crippen LogP contribution is 2.32. The van der Waals surface area contributed by atoms with E-state index in [9.17, 15) is 4.79 Å². The van der Waals surface area contributed by atoms with Crippen LogP contribution in [0.25, 0.3) is 0 Å². The van der Waals surface area contributed by atoms with Crippen molar-refractivity contribution in [3.63, 3.8) is 0 Å². The molecule has 1 unspecified atom stereocenters. The molecule has 0 bridgehead atoms. The van der Waals surface area contributed by atoms with E-state index in [4.69, 9.17) is 14.2 Å². The second-order valence-corrected chi connectivity index (χ2v) is 4.51. The van der Waals surface area contributed by atoms with Gasteiger partial charge in [0.05, 0.1) is 6.61 Å². The first-order valence-corrected chi connectivity index (χ1v) is 6.63. The first-order valence-electron chi connectivity index (χ1n) is 6.63. The number of rotatable bonds is 6. The molecule has 1 aliphatic rings. The number of carbonyl (C=O) groups is 1. The van der Waals surface area contributed by atoms with Crippen LogP contribution in [0.4, 0.5) is 5.69 Å². The monoisotopic (exact) mass is 280 g/mol. The molecule has 0 saturated carbocycles. The molecular weight excluding hydrogens is 260 g/mol. The van der Waals surface area contributed by atoms with Crippen molar-refractivity contribution in [3.05, 3.63) is 18.2 Å². The fourth-order valence-electron chi connectivity index (χ4n) is 1.88. The smallest absolute Gasteiger partial charge is 0.242 e. The summed E-state index contributed by atoms with van der Waals surface area (Å²) in [4.78, 5) is 11.8. The van der Waals surface area contributed by atoms with Crippen LogP contribution in [0.2, 0.25) is 0 Å². The topological polar surface area (TPSA) is 68.8 Å². The molecule has 0 fully saturated rings. The van der Waals surface area contributed by atoms with Gasteiger partial charge in [-0.05, 0) is 19.1 Å². The standard InChI is InChI=1S/C14H20N2O4/c1-10(14(17)15-5-6-18-2)16-11-3-4-12-13(9-11)20-8-7-19-12/h3-4,9-10,16H,5-8H2,1-2H3,(H,15,17). The van der Waals surface area contributed by atoms with Crippen LogP contribution in [0, 0.1) is 0 Å². The lowest BCUT2D eigenvalue weighted by molar-refractivity contribution is -0.121. The molecule has 0 radical (unpaired) electrons. The Balaban J connectivity index is 1.90. The number of methoxy groups -OCH3 is 1. The quantitative estimate of drug-likeness (QED) is 0.761. The summed E-state index contributed by atoms with van der Waals surface area (Å²) in [5, 5.41) is 5.91. The molecule has 2 N–H and O–H groups in total. The van der Waals surface area contributed by atoms with Crippen molar-refractivity contribution >= 4 is 11.6 Å². The van der Waals surface area contributed by atoms with E-state index < -0.39 is 0 Å². The third-order valence-corrected chi connectivity index (χ3v) is 2.92. The number of hydrogen-bond acceptors (Lipinski definition) is 5. The average Bonchev–Trinajstić information content (AvgIpc) is 2.47. The number of ether oxygens (including phenoxy) is 3. The van der Waals surface area contributed by atoms with Gasteiger partial charge in [-0.1, -0.05) is 0 Å². The fourth-order valence-corrected chi connectivity index (χ4v) is 1.88. The molecule has 1 aromatic carbocycles. The SMILES string of the molecule is COCCNC(=O)C(C)Nc1ccc2c(c1)OCCO2. The Kier molecular flexibility index (Phi) is 5.06. The zero-order valence-corrected chi connectivity index (χ0v) is 11.8. The zero-order valence-electron chi connectivity index (χ0n) is 11.8. The Hall–Kier alpha value is -1.95. The van der Waals surface area contributed by atoms with Gasteiger partial charge in [-0.25, -0.2) is 0 Å². The van der Waals surface area contributed by atoms with E-state index in [0.29, 0.717) is 32.1 Å². The molecule has 0 aliphatic carbocycles. The number of carbonyl (C=O) groups excluding carboxylic acids is 1. The fraction of sp³-hybridized carbons (Fsp3) is 0.500. The van der Waals surface area contributed by atoms with Crippen LogP contribution in [-0.4, -0.2) is 45.4 Å². The maximum absolute atomic E-state index is 11.8. The Morgan fingerprint density at radius 3 is 2.85 bits per heavy atom. The Bertz CT molecular complexity index is 464. The maximum atomic E-state index is 11.8. The van der Waals surface area contributed by atoms with Crippen molar-refractivity contribution in [1.29, 1.82) is 0 Å². The third kappa shape index (κ3) is 3.77. The number of hydrogen-bond donors (Lipinski definition) is 2. The minimum Gasteiger partial charge on any atom is -0.486 e. The molecule has 0 spiro atoms. The van der Waals surface area contributed by atoms with Crippen LogP contribution in [0.1, 0.15) is 6.92 Å². The van der Waals surface area contributed by atoms with Crippen LogP contribution in [-0.2, 0) is 9.53 Å². The normalized spacial score (nSPS) is 14.5. The van der Waals surface area contributed by atoms with Crippen LogP contribution in [0.5, 0.6) is 11.5 Å². The predicted molar refractivity (Wildman–Crippen MR) is 75.4 cm³/mol. The van der Waals surface area contributed by atoms with Gasteiger partial charge in [-0.2, -0.15) is 0 Å². The van der Waals surface area contributed by atoms with Gasteiger partial charge in [-0.3, -0.25) is 4.79 Å². The molecule has 1 atom stereocenters. The third-order valence-electron chi connectivity index (χ3n) is 2.92. The number of nitrogens with one attached hydrogen (secondary N) is 2. The maximum Gasteiger partial charge on any atom is 0.242 e. The van der Waals surface area contributed by atoms with E-state index in [0.717, 1.165) is 11.4 Å². The summed E-state index contributed by atoms with van der Waals surface area (Å²) in [7, 11) is 1.60. The second-order valence-electron chi connectivity index (χ2n) is 4.51. The van der Waals surface area contributed by atoms with E-state index >= 15 is 0 Å². The molecule has 0 aromatic heterocycles. The zero-order chi connectivity index (χ0) is 14.4. The Morgan fingerprint density at radius 2 is 2.10 bits per heavy atom. The molecular formula is C14H20N2O4. The summed E-state index contributed by atoms with van der Waals surface area (Å²) >= 11 is 0. The molecule has 6 heteroatoms. The van der Waals surface area contributed by atoms with Gasteiger partial charge in [0.15, 0.2) is 11.5 Å². The van der Waals surface area contributed by atoms with Crippen molar-refractivity contribution in [1.82, 2.24) is 5.32 Å². The van der Waals surface area contributed by atoms with E-state index in [2.05, 4.69) is 10.6 Å². The highest BCUT2D eigenvalue weighted by atomic mass is 16.6. The molecule has 1 heterocycles. The van der Waals surface area contributed by atoms with Gasteiger partial charge < -0.3 is 24.8 Å². The minimum absolute atomic E-state index is 0.0723. The number of fused-ring (bicyclic) bond motifs is 1. The Labute approximate surface area is 118 Å². The average molecular weight is 280 g/mol. The highest BCUT2D eigenvalue weighted by molar-refractivity contribution is 5.84. The largest absolute Gasteiger partial charge is 0.486 e. The van der Waals surface area contributed by atoms with Crippen molar-refractivity contribution in [3.8, 4) is 11.5 Å². The predicted octanol–water partition coefficient (Wildman–Crippen LogP) is 1.02. The molecule has 110 valence electrons. The molecule has 0 saturated heterocycles. The number of anilines is 1. The molecule has 2 rings (SSSR count). The molecule has 20 heavy (non-hydrogen) atoms. The summed E-state index contributed by atoms with van der Waals surface area (Å²) in [6, 6.07) is 5.21. The molecule has 1 amide bonds. The van der Waals surface area contributed by atoms with Crippen molar-refractivity contribution in [2.45, 2.75) is 13.0 Å².